The van der Waals surface area contributed by atoms with Crippen LogP contribution >= 0.6 is 0 Å². The highest BCUT2D eigenvalue weighted by Gasteiger charge is 1.98. The number of carbonyl (C=O) groups is 1. The fourth-order valence-electron chi connectivity index (χ4n) is 0.496. The fourth-order valence-corrected chi connectivity index (χ4v) is 0.496. The lowest BCUT2D eigenvalue weighted by Gasteiger charge is -1.93. The highest BCUT2D eigenvalue weighted by Crippen LogP contribution is 1.98. The van der Waals surface area contributed by atoms with E-state index in [4.69, 9.17) is 5.26 Å². The molecule has 0 atom stereocenters. The zero-order valence-corrected chi connectivity index (χ0v) is 5.46. The SMILES string of the molecule is C[CH]CCCC(=O)OO. The van der Waals surface area contributed by atoms with Gasteiger partial charge in [-0.15, -0.1) is 0 Å². The monoisotopic (exact) mass is 131 g/mol. The maximum atomic E-state index is 10.2. The van der Waals surface area contributed by atoms with Crippen molar-refractivity contribution in [2.24, 2.45) is 0 Å². The first-order valence-electron chi connectivity index (χ1n) is 2.93. The summed E-state index contributed by atoms with van der Waals surface area (Å²) in [6.45, 7) is 1.92. The molecule has 53 valence electrons. The Bertz CT molecular complexity index is 80.4. The quantitative estimate of drug-likeness (QED) is 0.356. The van der Waals surface area contributed by atoms with Crippen molar-refractivity contribution in [2.45, 2.75) is 26.2 Å². The molecule has 1 N–H and O–H groups in total. The Morgan fingerprint density at radius 3 is 2.89 bits per heavy atom. The average molecular weight is 131 g/mol. The van der Waals surface area contributed by atoms with E-state index in [9.17, 15) is 4.79 Å². The molecule has 0 aromatic heterocycles. The minimum atomic E-state index is -0.558. The molecule has 0 aliphatic rings. The summed E-state index contributed by atoms with van der Waals surface area (Å²) in [7, 11) is 0. The van der Waals surface area contributed by atoms with E-state index in [1.165, 1.54) is 0 Å². The molecular weight excluding hydrogens is 120 g/mol. The second-order valence-electron chi connectivity index (χ2n) is 1.76. The Morgan fingerprint density at radius 2 is 2.44 bits per heavy atom. The first-order valence-corrected chi connectivity index (χ1v) is 2.93. The number of hydrogen-bond donors (Lipinski definition) is 1. The van der Waals surface area contributed by atoms with Crippen molar-refractivity contribution < 1.29 is 14.9 Å². The lowest BCUT2D eigenvalue weighted by Crippen LogP contribution is -1.99. The van der Waals surface area contributed by atoms with Crippen LogP contribution in [-0.2, 0) is 9.68 Å². The summed E-state index contributed by atoms with van der Waals surface area (Å²) in [4.78, 5) is 13.6. The summed E-state index contributed by atoms with van der Waals surface area (Å²) in [6, 6.07) is 0. The molecule has 0 aliphatic heterocycles. The molecule has 0 aliphatic carbocycles. The van der Waals surface area contributed by atoms with Gasteiger partial charge in [0.05, 0.1) is 0 Å². The Hall–Kier alpha value is -0.570. The molecule has 0 aromatic rings. The molecule has 0 saturated carbocycles. The minimum Gasteiger partial charge on any atom is -0.301 e. The molecule has 1 radical (unpaired) electrons. The third-order valence-corrected chi connectivity index (χ3v) is 0.976. The summed E-state index contributed by atoms with van der Waals surface area (Å²) >= 11 is 0. The molecule has 0 heterocycles. The molecular formula is C6H11O3. The van der Waals surface area contributed by atoms with Crippen LogP contribution in [0, 0.1) is 6.42 Å². The van der Waals surface area contributed by atoms with Gasteiger partial charge in [-0.3, -0.25) is 0 Å². The van der Waals surface area contributed by atoms with Crippen molar-refractivity contribution in [1.82, 2.24) is 0 Å². The number of hydrogen-bond acceptors (Lipinski definition) is 3. The van der Waals surface area contributed by atoms with Crippen LogP contribution in [0.3, 0.4) is 0 Å². The zero-order valence-electron chi connectivity index (χ0n) is 5.46. The van der Waals surface area contributed by atoms with E-state index in [1.807, 2.05) is 13.3 Å². The van der Waals surface area contributed by atoms with Crippen LogP contribution in [0.4, 0.5) is 0 Å². The van der Waals surface area contributed by atoms with Crippen LogP contribution in [0.5, 0.6) is 0 Å². The molecule has 3 heteroatoms. The van der Waals surface area contributed by atoms with E-state index in [0.29, 0.717) is 6.42 Å². The Morgan fingerprint density at radius 1 is 1.78 bits per heavy atom. The van der Waals surface area contributed by atoms with Gasteiger partial charge in [-0.1, -0.05) is 6.92 Å². The van der Waals surface area contributed by atoms with Gasteiger partial charge in [-0.05, 0) is 19.3 Å². The maximum absolute atomic E-state index is 10.2. The summed E-state index contributed by atoms with van der Waals surface area (Å²) in [5.74, 6) is -0.558. The van der Waals surface area contributed by atoms with Crippen molar-refractivity contribution in [2.75, 3.05) is 0 Å². The molecule has 0 fully saturated rings. The highest BCUT2D eigenvalue weighted by atomic mass is 17.1. The summed E-state index contributed by atoms with van der Waals surface area (Å²) < 4.78 is 0. The predicted octanol–water partition coefficient (Wildman–Crippen LogP) is 1.40. The van der Waals surface area contributed by atoms with Crippen LogP contribution in [0.2, 0.25) is 0 Å². The van der Waals surface area contributed by atoms with Crippen molar-refractivity contribution in [3.63, 3.8) is 0 Å². The smallest absolute Gasteiger partial charge is 0.301 e. The summed E-state index contributed by atoms with van der Waals surface area (Å²) in [6.07, 6.45) is 3.89. The van der Waals surface area contributed by atoms with E-state index >= 15 is 0 Å². The second kappa shape index (κ2) is 5.56. The molecule has 0 unspecified atom stereocenters. The van der Waals surface area contributed by atoms with Crippen molar-refractivity contribution in [1.29, 1.82) is 0 Å². The first kappa shape index (κ1) is 8.43. The van der Waals surface area contributed by atoms with Crippen LogP contribution < -0.4 is 0 Å². The van der Waals surface area contributed by atoms with E-state index in [-0.39, 0.29) is 0 Å². The van der Waals surface area contributed by atoms with E-state index in [1.54, 1.807) is 0 Å². The van der Waals surface area contributed by atoms with Crippen molar-refractivity contribution in [3.05, 3.63) is 6.42 Å². The van der Waals surface area contributed by atoms with Gasteiger partial charge in [0.2, 0.25) is 0 Å². The van der Waals surface area contributed by atoms with Crippen molar-refractivity contribution >= 4 is 5.97 Å². The van der Waals surface area contributed by atoms with Crippen LogP contribution in [0.1, 0.15) is 26.2 Å². The van der Waals surface area contributed by atoms with E-state index in [2.05, 4.69) is 4.89 Å². The third-order valence-electron chi connectivity index (χ3n) is 0.976. The van der Waals surface area contributed by atoms with Gasteiger partial charge in [0, 0.05) is 6.42 Å². The zero-order chi connectivity index (χ0) is 7.11. The van der Waals surface area contributed by atoms with E-state index in [0.717, 1.165) is 12.8 Å². The Balaban J connectivity index is 2.97. The lowest BCUT2D eigenvalue weighted by molar-refractivity contribution is -0.234. The summed E-state index contributed by atoms with van der Waals surface area (Å²) in [5, 5.41) is 7.77. The van der Waals surface area contributed by atoms with Gasteiger partial charge in [-0.2, -0.15) is 5.26 Å². The van der Waals surface area contributed by atoms with Gasteiger partial charge >= 0.3 is 5.97 Å². The van der Waals surface area contributed by atoms with Crippen LogP contribution in [0.25, 0.3) is 0 Å². The van der Waals surface area contributed by atoms with Crippen LogP contribution in [-0.4, -0.2) is 11.2 Å². The molecule has 0 aromatic carbocycles. The molecule has 0 spiro atoms. The Labute approximate surface area is 54.6 Å². The van der Waals surface area contributed by atoms with Gasteiger partial charge < -0.3 is 4.89 Å². The van der Waals surface area contributed by atoms with Gasteiger partial charge in [-0.25, -0.2) is 4.79 Å². The van der Waals surface area contributed by atoms with Gasteiger partial charge in [0.1, 0.15) is 0 Å². The van der Waals surface area contributed by atoms with Crippen molar-refractivity contribution in [3.8, 4) is 0 Å². The van der Waals surface area contributed by atoms with E-state index < -0.39 is 5.97 Å². The number of unbranched alkanes of at least 4 members (excludes halogenated alkanes) is 2. The first-order chi connectivity index (χ1) is 4.31. The standard InChI is InChI=1S/C6H11O3/c1-2-3-4-5-6(7)9-8/h2,8H,3-5H2,1H3. The average Bonchev–Trinajstić information content (AvgIpc) is 1.89. The molecule has 3 nitrogen and oxygen atoms in total. The number of rotatable bonds is 4. The molecule has 9 heavy (non-hydrogen) atoms. The molecule has 0 rings (SSSR count). The molecule has 0 saturated heterocycles. The highest BCUT2D eigenvalue weighted by molar-refractivity contribution is 5.68. The molecule has 0 amide bonds. The Kier molecular flexibility index (Phi) is 5.21. The number of carbonyl (C=O) groups excluding carboxylic acids is 1. The summed E-state index contributed by atoms with van der Waals surface area (Å²) in [5.41, 5.74) is 0. The topological polar surface area (TPSA) is 46.5 Å². The maximum Gasteiger partial charge on any atom is 0.342 e. The predicted molar refractivity (Wildman–Crippen MR) is 32.5 cm³/mol. The minimum absolute atomic E-state index is 0.292. The normalized spacial score (nSPS) is 9.11. The van der Waals surface area contributed by atoms with Gasteiger partial charge in [0.15, 0.2) is 0 Å². The fraction of sp³-hybridized carbons (Fsp3) is 0.667. The largest absolute Gasteiger partial charge is 0.342 e. The third kappa shape index (κ3) is 5.30. The van der Waals surface area contributed by atoms with Crippen LogP contribution in [0.15, 0.2) is 0 Å². The second-order valence-corrected chi connectivity index (χ2v) is 1.76. The van der Waals surface area contributed by atoms with Gasteiger partial charge in [0.25, 0.3) is 0 Å². The molecule has 0 bridgehead atoms. The lowest BCUT2D eigenvalue weighted by atomic mass is 10.2.